The molecule has 17 heavy (non-hydrogen) atoms. The molecule has 2 saturated heterocycles. The van der Waals surface area contributed by atoms with E-state index >= 15 is 0 Å². The minimum Gasteiger partial charge on any atom is -0.341 e. The van der Waals surface area contributed by atoms with Crippen molar-refractivity contribution in [3.63, 3.8) is 0 Å². The second kappa shape index (κ2) is 4.60. The van der Waals surface area contributed by atoms with E-state index in [4.69, 9.17) is 0 Å². The number of nitrogens with one attached hydrogen (secondary N) is 1. The molecule has 2 rings (SSSR count). The SMILES string of the molecule is CC(C(=O)N1CC[C@H]2CCN[C@H]2C1)C(C)(C)C. The van der Waals surface area contributed by atoms with Gasteiger partial charge in [-0.1, -0.05) is 27.7 Å². The number of piperidine rings is 1. The molecule has 0 aliphatic carbocycles. The standard InChI is InChI=1S/C14H26N2O/c1-10(14(2,3)4)13(17)16-8-6-11-5-7-15-12(11)9-16/h10-12,15H,5-9H2,1-4H3/t10?,11-,12+/m1/s1. The van der Waals surface area contributed by atoms with Crippen LogP contribution in [0.3, 0.4) is 0 Å². The smallest absolute Gasteiger partial charge is 0.225 e. The fourth-order valence-electron chi connectivity index (χ4n) is 2.88. The average Bonchev–Trinajstić information content (AvgIpc) is 2.72. The van der Waals surface area contributed by atoms with Crippen molar-refractivity contribution < 1.29 is 4.79 Å². The number of likely N-dealkylation sites (tertiary alicyclic amines) is 1. The molecule has 1 N–H and O–H groups in total. The lowest BCUT2D eigenvalue weighted by molar-refractivity contribution is -0.140. The lowest BCUT2D eigenvalue weighted by atomic mass is 9.80. The first-order chi connectivity index (χ1) is 7.89. The van der Waals surface area contributed by atoms with Gasteiger partial charge in [0, 0.05) is 25.0 Å². The van der Waals surface area contributed by atoms with E-state index in [2.05, 4.69) is 37.9 Å². The van der Waals surface area contributed by atoms with Gasteiger partial charge in [0.2, 0.25) is 5.91 Å². The van der Waals surface area contributed by atoms with E-state index in [1.54, 1.807) is 0 Å². The van der Waals surface area contributed by atoms with Crippen LogP contribution in [0.4, 0.5) is 0 Å². The molecule has 2 aliphatic heterocycles. The second-order valence-electron chi connectivity index (χ2n) is 6.77. The summed E-state index contributed by atoms with van der Waals surface area (Å²) in [6.07, 6.45) is 2.47. The highest BCUT2D eigenvalue weighted by Crippen LogP contribution is 2.30. The van der Waals surface area contributed by atoms with Crippen LogP contribution in [0.5, 0.6) is 0 Å². The predicted molar refractivity (Wildman–Crippen MR) is 69.7 cm³/mol. The zero-order valence-electron chi connectivity index (χ0n) is 11.6. The second-order valence-corrected chi connectivity index (χ2v) is 6.77. The molecule has 2 heterocycles. The van der Waals surface area contributed by atoms with E-state index < -0.39 is 0 Å². The Morgan fingerprint density at radius 2 is 2.06 bits per heavy atom. The van der Waals surface area contributed by atoms with Gasteiger partial charge in [0.15, 0.2) is 0 Å². The highest BCUT2D eigenvalue weighted by molar-refractivity contribution is 5.79. The monoisotopic (exact) mass is 238 g/mol. The van der Waals surface area contributed by atoms with Gasteiger partial charge in [-0.05, 0) is 30.7 Å². The van der Waals surface area contributed by atoms with Crippen LogP contribution in [-0.2, 0) is 4.79 Å². The first kappa shape index (κ1) is 12.9. The van der Waals surface area contributed by atoms with Gasteiger partial charge >= 0.3 is 0 Å². The highest BCUT2D eigenvalue weighted by Gasteiger charge is 2.37. The molecular formula is C14H26N2O. The molecule has 98 valence electrons. The first-order valence-electron chi connectivity index (χ1n) is 6.92. The molecule has 2 fully saturated rings. The molecule has 1 amide bonds. The van der Waals surface area contributed by atoms with Crippen molar-refractivity contribution in [2.75, 3.05) is 19.6 Å². The van der Waals surface area contributed by atoms with Gasteiger partial charge in [0.1, 0.15) is 0 Å². The van der Waals surface area contributed by atoms with E-state index in [1.165, 1.54) is 12.8 Å². The van der Waals surface area contributed by atoms with Gasteiger partial charge < -0.3 is 10.2 Å². The Morgan fingerprint density at radius 1 is 1.35 bits per heavy atom. The molecule has 3 heteroatoms. The Labute approximate surface area is 105 Å². The molecule has 3 nitrogen and oxygen atoms in total. The predicted octanol–water partition coefficient (Wildman–Crippen LogP) is 1.88. The van der Waals surface area contributed by atoms with Crippen molar-refractivity contribution in [2.24, 2.45) is 17.3 Å². The highest BCUT2D eigenvalue weighted by atomic mass is 16.2. The van der Waals surface area contributed by atoms with Crippen LogP contribution in [0.25, 0.3) is 0 Å². The summed E-state index contributed by atoms with van der Waals surface area (Å²) in [5.74, 6) is 1.26. The number of nitrogens with zero attached hydrogens (tertiary/aromatic N) is 1. The van der Waals surface area contributed by atoms with Gasteiger partial charge in [0.25, 0.3) is 0 Å². The molecule has 0 aromatic rings. The van der Waals surface area contributed by atoms with Crippen LogP contribution in [0.2, 0.25) is 0 Å². The number of carbonyl (C=O) groups excluding carboxylic acids is 1. The van der Waals surface area contributed by atoms with Crippen LogP contribution < -0.4 is 5.32 Å². The molecule has 0 aromatic heterocycles. The number of amides is 1. The summed E-state index contributed by atoms with van der Waals surface area (Å²) in [6, 6.07) is 0.555. The van der Waals surface area contributed by atoms with Gasteiger partial charge in [-0.25, -0.2) is 0 Å². The molecule has 0 spiro atoms. The molecular weight excluding hydrogens is 212 g/mol. The summed E-state index contributed by atoms with van der Waals surface area (Å²) >= 11 is 0. The summed E-state index contributed by atoms with van der Waals surface area (Å²) in [5.41, 5.74) is 0.0665. The Bertz CT molecular complexity index is 295. The molecule has 2 aliphatic rings. The number of hydrogen-bond donors (Lipinski definition) is 1. The Morgan fingerprint density at radius 3 is 2.71 bits per heavy atom. The van der Waals surface area contributed by atoms with E-state index in [0.29, 0.717) is 11.9 Å². The van der Waals surface area contributed by atoms with E-state index in [0.717, 1.165) is 25.6 Å². The third kappa shape index (κ3) is 2.65. The lowest BCUT2D eigenvalue weighted by Crippen LogP contribution is -2.51. The van der Waals surface area contributed by atoms with Crippen LogP contribution in [0, 0.1) is 17.3 Å². The summed E-state index contributed by atoms with van der Waals surface area (Å²) in [6.45, 7) is 11.5. The summed E-state index contributed by atoms with van der Waals surface area (Å²) in [7, 11) is 0. The zero-order valence-corrected chi connectivity index (χ0v) is 11.6. The third-order valence-electron chi connectivity index (χ3n) is 4.66. The maximum Gasteiger partial charge on any atom is 0.225 e. The number of carbonyl (C=O) groups is 1. The van der Waals surface area contributed by atoms with E-state index in [9.17, 15) is 4.79 Å². The minimum absolute atomic E-state index is 0.0665. The van der Waals surface area contributed by atoms with Gasteiger partial charge in [-0.15, -0.1) is 0 Å². The van der Waals surface area contributed by atoms with Crippen molar-refractivity contribution in [2.45, 2.75) is 46.6 Å². The third-order valence-corrected chi connectivity index (χ3v) is 4.66. The van der Waals surface area contributed by atoms with Crippen LogP contribution >= 0.6 is 0 Å². The maximum absolute atomic E-state index is 12.4. The zero-order chi connectivity index (χ0) is 12.6. The fourth-order valence-corrected chi connectivity index (χ4v) is 2.88. The first-order valence-corrected chi connectivity index (χ1v) is 6.92. The largest absolute Gasteiger partial charge is 0.341 e. The maximum atomic E-state index is 12.4. The van der Waals surface area contributed by atoms with E-state index in [1.807, 2.05) is 0 Å². The van der Waals surface area contributed by atoms with Gasteiger partial charge in [0.05, 0.1) is 0 Å². The van der Waals surface area contributed by atoms with Crippen molar-refractivity contribution in [1.29, 1.82) is 0 Å². The molecule has 0 radical (unpaired) electrons. The topological polar surface area (TPSA) is 32.3 Å². The quantitative estimate of drug-likeness (QED) is 0.756. The van der Waals surface area contributed by atoms with Gasteiger partial charge in [-0.2, -0.15) is 0 Å². The van der Waals surface area contributed by atoms with Crippen LogP contribution in [-0.4, -0.2) is 36.5 Å². The Kier molecular flexibility index (Phi) is 3.48. The van der Waals surface area contributed by atoms with Crippen molar-refractivity contribution in [3.05, 3.63) is 0 Å². The van der Waals surface area contributed by atoms with E-state index in [-0.39, 0.29) is 11.3 Å². The Balaban J connectivity index is 1.97. The molecule has 1 unspecified atom stereocenters. The van der Waals surface area contributed by atoms with Crippen LogP contribution in [0.15, 0.2) is 0 Å². The molecule has 0 saturated carbocycles. The van der Waals surface area contributed by atoms with Crippen LogP contribution in [0.1, 0.15) is 40.5 Å². The Hall–Kier alpha value is -0.570. The van der Waals surface area contributed by atoms with Crippen molar-refractivity contribution in [1.82, 2.24) is 10.2 Å². The number of rotatable bonds is 1. The number of fused-ring (bicyclic) bond motifs is 1. The summed E-state index contributed by atoms with van der Waals surface area (Å²) in [5, 5.41) is 3.53. The lowest BCUT2D eigenvalue weighted by Gasteiger charge is -2.38. The van der Waals surface area contributed by atoms with Crippen molar-refractivity contribution >= 4 is 5.91 Å². The summed E-state index contributed by atoms with van der Waals surface area (Å²) in [4.78, 5) is 14.5. The molecule has 0 bridgehead atoms. The average molecular weight is 238 g/mol. The normalized spacial score (nSPS) is 31.2. The summed E-state index contributed by atoms with van der Waals surface area (Å²) < 4.78 is 0. The number of hydrogen-bond acceptors (Lipinski definition) is 2. The molecule has 3 atom stereocenters. The van der Waals surface area contributed by atoms with Gasteiger partial charge in [-0.3, -0.25) is 4.79 Å². The fraction of sp³-hybridized carbons (Fsp3) is 0.929. The minimum atomic E-state index is 0.0665. The van der Waals surface area contributed by atoms with Crippen molar-refractivity contribution in [3.8, 4) is 0 Å². The molecule has 0 aromatic carbocycles.